The van der Waals surface area contributed by atoms with E-state index in [9.17, 15) is 0 Å². The van der Waals surface area contributed by atoms with Crippen LogP contribution in [0.1, 0.15) is 40.5 Å². The van der Waals surface area contributed by atoms with Gasteiger partial charge >= 0.3 is 0 Å². The molecule has 0 bridgehead atoms. The van der Waals surface area contributed by atoms with E-state index >= 15 is 0 Å². The second-order valence-corrected chi connectivity index (χ2v) is 5.41. The van der Waals surface area contributed by atoms with Gasteiger partial charge in [-0.2, -0.15) is 27.7 Å². The van der Waals surface area contributed by atoms with Crippen LogP contribution in [0.5, 0.6) is 0 Å². The summed E-state index contributed by atoms with van der Waals surface area (Å²) >= 11 is 0. The van der Waals surface area contributed by atoms with Gasteiger partial charge in [0.1, 0.15) is 0 Å². The summed E-state index contributed by atoms with van der Waals surface area (Å²) in [6.45, 7) is 8.73. The molecule has 0 aliphatic rings. The van der Waals surface area contributed by atoms with Crippen LogP contribution in [0.25, 0.3) is 11.3 Å². The average molecular weight is 461 g/mol. The first kappa shape index (κ1) is 20.1. The van der Waals surface area contributed by atoms with Gasteiger partial charge in [0, 0.05) is 27.3 Å². The van der Waals surface area contributed by atoms with Crippen LogP contribution in [0.4, 0.5) is 0 Å². The summed E-state index contributed by atoms with van der Waals surface area (Å²) in [5, 5.41) is 0. The summed E-state index contributed by atoms with van der Waals surface area (Å²) in [5.41, 5.74) is 2.01. The predicted molar refractivity (Wildman–Crippen MR) is 86.9 cm³/mol. The molecule has 1 nitrogen and oxygen atoms in total. The Morgan fingerprint density at radius 2 is 1.52 bits per heavy atom. The van der Waals surface area contributed by atoms with Crippen molar-refractivity contribution in [1.29, 1.82) is 0 Å². The monoisotopic (exact) mass is 461 g/mol. The van der Waals surface area contributed by atoms with Crippen molar-refractivity contribution in [2.24, 2.45) is 0 Å². The third kappa shape index (κ3) is 9.58. The van der Waals surface area contributed by atoms with Crippen molar-refractivity contribution < 1.29 is 21.1 Å². The molecule has 0 spiro atoms. The van der Waals surface area contributed by atoms with E-state index in [1.807, 2.05) is 42.5 Å². The Balaban J connectivity index is 0.000000397. The van der Waals surface area contributed by atoms with Crippen LogP contribution in [0.3, 0.4) is 0 Å². The second-order valence-electron chi connectivity index (χ2n) is 5.41. The van der Waals surface area contributed by atoms with Gasteiger partial charge in [0.2, 0.25) is 0 Å². The van der Waals surface area contributed by atoms with Crippen LogP contribution >= 0.6 is 0 Å². The standard InChI is InChI=1S/C11H8N.C8H16.Pt/c1-2-6-10(7-3-1)11-8-4-5-9-12-11;1-7(2)5-6-8(3)4;/h1-6,8-9H;5-6H2,1-4H3;/q-1;-2;. The third-order valence-corrected chi connectivity index (χ3v) is 2.77. The van der Waals surface area contributed by atoms with Gasteiger partial charge in [-0.3, -0.25) is 0 Å². The molecule has 0 saturated heterocycles. The molecule has 2 heteroatoms. The summed E-state index contributed by atoms with van der Waals surface area (Å²) in [4.78, 5) is 4.22. The maximum Gasteiger partial charge on any atom is 0.0160 e. The molecule has 0 unspecified atom stereocenters. The molecule has 1 aromatic heterocycles. The predicted octanol–water partition coefficient (Wildman–Crippen LogP) is 5.54. The quantitative estimate of drug-likeness (QED) is 0.545. The van der Waals surface area contributed by atoms with Gasteiger partial charge in [0.15, 0.2) is 0 Å². The van der Waals surface area contributed by atoms with Crippen LogP contribution in [-0.2, 0) is 21.1 Å². The Bertz CT molecular complexity index is 406. The van der Waals surface area contributed by atoms with Crippen molar-refractivity contribution in [3.63, 3.8) is 0 Å². The molecular weight excluding hydrogens is 437 g/mol. The van der Waals surface area contributed by atoms with Crippen molar-refractivity contribution in [1.82, 2.24) is 4.98 Å². The fourth-order valence-corrected chi connectivity index (χ4v) is 1.57. The van der Waals surface area contributed by atoms with Crippen molar-refractivity contribution >= 4 is 0 Å². The molecule has 0 fully saturated rings. The van der Waals surface area contributed by atoms with Crippen molar-refractivity contribution in [2.45, 2.75) is 40.5 Å². The first-order valence-corrected chi connectivity index (χ1v) is 7.05. The molecule has 0 aliphatic heterocycles. The first-order valence-electron chi connectivity index (χ1n) is 7.05. The number of benzene rings is 1. The summed E-state index contributed by atoms with van der Waals surface area (Å²) in [6.07, 6.45) is 4.32. The SMILES string of the molecule is C[C-](C)CC[C-](C)C.[Pt].[c-]1ccccc1-c1ccccn1. The van der Waals surface area contributed by atoms with E-state index in [-0.39, 0.29) is 21.1 Å². The number of rotatable bonds is 4. The summed E-state index contributed by atoms with van der Waals surface area (Å²) < 4.78 is 0. The Hall–Kier alpha value is -0.942. The Labute approximate surface area is 144 Å². The minimum Gasteiger partial charge on any atom is -0.322 e. The number of hydrogen-bond donors (Lipinski definition) is 0. The summed E-state index contributed by atoms with van der Waals surface area (Å²) in [5.74, 6) is 3.07. The van der Waals surface area contributed by atoms with E-state index in [1.54, 1.807) is 6.20 Å². The molecule has 1 aromatic carbocycles. The second kappa shape index (κ2) is 11.7. The van der Waals surface area contributed by atoms with Gasteiger partial charge in [0.05, 0.1) is 0 Å². The van der Waals surface area contributed by atoms with E-state index in [0.29, 0.717) is 0 Å². The molecule has 0 radical (unpaired) electrons. The fourth-order valence-electron chi connectivity index (χ4n) is 1.57. The maximum atomic E-state index is 4.22. The minimum absolute atomic E-state index is 0. The zero-order valence-corrected chi connectivity index (χ0v) is 15.6. The molecule has 118 valence electrons. The van der Waals surface area contributed by atoms with Crippen LogP contribution in [0, 0.1) is 17.9 Å². The van der Waals surface area contributed by atoms with Crippen molar-refractivity contribution in [2.75, 3.05) is 0 Å². The fraction of sp³-hybridized carbons (Fsp3) is 0.316. The largest absolute Gasteiger partial charge is 0.322 e. The topological polar surface area (TPSA) is 12.9 Å². The molecule has 2 rings (SSSR count). The van der Waals surface area contributed by atoms with E-state index in [4.69, 9.17) is 0 Å². The van der Waals surface area contributed by atoms with Crippen LogP contribution < -0.4 is 0 Å². The Morgan fingerprint density at radius 3 is 1.95 bits per heavy atom. The van der Waals surface area contributed by atoms with Gasteiger partial charge < -0.3 is 16.8 Å². The Morgan fingerprint density at radius 1 is 0.905 bits per heavy atom. The molecule has 1 heterocycles. The summed E-state index contributed by atoms with van der Waals surface area (Å²) in [6, 6.07) is 16.8. The first-order chi connectivity index (χ1) is 9.59. The molecule has 0 N–H and O–H groups in total. The summed E-state index contributed by atoms with van der Waals surface area (Å²) in [7, 11) is 0. The molecular formula is C19H24NPt-3. The van der Waals surface area contributed by atoms with Gasteiger partial charge in [-0.25, -0.2) is 12.8 Å². The normalized spacial score (nSPS) is 9.81. The zero-order valence-electron chi connectivity index (χ0n) is 13.3. The van der Waals surface area contributed by atoms with Gasteiger partial charge in [0.25, 0.3) is 0 Å². The van der Waals surface area contributed by atoms with E-state index in [2.05, 4.69) is 38.7 Å². The number of nitrogens with zero attached hydrogens (tertiary/aromatic N) is 1. The van der Waals surface area contributed by atoms with Gasteiger partial charge in [-0.05, 0) is 11.8 Å². The van der Waals surface area contributed by atoms with Crippen molar-refractivity contribution in [3.05, 3.63) is 66.6 Å². The molecule has 2 aromatic rings. The smallest absolute Gasteiger partial charge is 0.0160 e. The third-order valence-electron chi connectivity index (χ3n) is 2.77. The number of hydrogen-bond acceptors (Lipinski definition) is 1. The number of aromatic nitrogens is 1. The zero-order chi connectivity index (χ0) is 14.8. The van der Waals surface area contributed by atoms with E-state index in [0.717, 1.165) is 11.3 Å². The molecule has 0 amide bonds. The van der Waals surface area contributed by atoms with Crippen LogP contribution in [-0.4, -0.2) is 4.98 Å². The molecule has 21 heavy (non-hydrogen) atoms. The van der Waals surface area contributed by atoms with Gasteiger partial charge in [-0.15, -0.1) is 35.9 Å². The van der Waals surface area contributed by atoms with Crippen molar-refractivity contribution in [3.8, 4) is 11.3 Å². The maximum absolute atomic E-state index is 4.22. The number of pyridine rings is 1. The molecule has 0 atom stereocenters. The van der Waals surface area contributed by atoms with Crippen LogP contribution in [0.15, 0.2) is 48.7 Å². The van der Waals surface area contributed by atoms with Crippen LogP contribution in [0.2, 0.25) is 0 Å². The van der Waals surface area contributed by atoms with E-state index < -0.39 is 0 Å². The van der Waals surface area contributed by atoms with E-state index in [1.165, 1.54) is 24.7 Å². The van der Waals surface area contributed by atoms with Gasteiger partial charge in [-0.1, -0.05) is 12.1 Å². The molecule has 0 saturated carbocycles. The Kier molecular flexibility index (Phi) is 11.2. The minimum atomic E-state index is 0. The average Bonchev–Trinajstić information content (AvgIpc) is 2.48. The molecule has 0 aliphatic carbocycles.